The number of aliphatic imine (C=N–C) groups is 1. The van der Waals surface area contributed by atoms with E-state index in [0.717, 1.165) is 16.9 Å². The highest BCUT2D eigenvalue weighted by atomic mass is 35.5. The van der Waals surface area contributed by atoms with Crippen LogP contribution in [0.3, 0.4) is 0 Å². The maximum Gasteiger partial charge on any atom is 0.141 e. The third-order valence-corrected chi connectivity index (χ3v) is 3.68. The van der Waals surface area contributed by atoms with Gasteiger partial charge in [0.25, 0.3) is 0 Å². The Morgan fingerprint density at radius 3 is 2.50 bits per heavy atom. The maximum atomic E-state index is 6.45. The Morgan fingerprint density at radius 1 is 1.09 bits per heavy atom. The first-order chi connectivity index (χ1) is 10.7. The van der Waals surface area contributed by atoms with Gasteiger partial charge in [-0.1, -0.05) is 41.9 Å². The Morgan fingerprint density at radius 2 is 1.77 bits per heavy atom. The van der Waals surface area contributed by atoms with Crippen molar-refractivity contribution in [3.05, 3.63) is 71.0 Å². The Hall–Kier alpha value is -2.59. The van der Waals surface area contributed by atoms with E-state index in [4.69, 9.17) is 17.3 Å². The lowest BCUT2D eigenvalue weighted by atomic mass is 10.2. The number of hydrogen-bond donors (Lipinski definition) is 1. The topological polar surface area (TPSA) is 56.2 Å². The highest BCUT2D eigenvalue weighted by molar-refractivity contribution is 6.32. The lowest BCUT2D eigenvalue weighted by Gasteiger charge is -2.02. The first-order valence-electron chi connectivity index (χ1n) is 6.86. The summed E-state index contributed by atoms with van der Waals surface area (Å²) in [6, 6.07) is 17.2. The lowest BCUT2D eigenvalue weighted by Crippen LogP contribution is -1.96. The summed E-state index contributed by atoms with van der Waals surface area (Å²) in [6.45, 7) is 1.90. The molecule has 0 spiro atoms. The van der Waals surface area contributed by atoms with E-state index in [1.54, 1.807) is 10.9 Å². The molecule has 3 rings (SSSR count). The molecule has 4 nitrogen and oxygen atoms in total. The largest absolute Gasteiger partial charge is 0.397 e. The van der Waals surface area contributed by atoms with E-state index in [1.807, 2.05) is 61.5 Å². The summed E-state index contributed by atoms with van der Waals surface area (Å²) in [4.78, 5) is 4.42. The summed E-state index contributed by atoms with van der Waals surface area (Å²) in [5, 5.41) is 5.01. The maximum absolute atomic E-state index is 6.45. The Bertz CT molecular complexity index is 822. The minimum absolute atomic E-state index is 0.530. The third-order valence-electron chi connectivity index (χ3n) is 3.32. The second-order valence-corrected chi connectivity index (χ2v) is 5.21. The zero-order valence-electron chi connectivity index (χ0n) is 12.1. The Kier molecular flexibility index (Phi) is 3.94. The molecule has 0 unspecified atom stereocenters. The van der Waals surface area contributed by atoms with Crippen molar-refractivity contribution in [2.24, 2.45) is 4.99 Å². The van der Waals surface area contributed by atoms with Crippen LogP contribution in [0.5, 0.6) is 0 Å². The van der Waals surface area contributed by atoms with Crippen molar-refractivity contribution in [1.29, 1.82) is 0 Å². The number of aromatic nitrogens is 2. The van der Waals surface area contributed by atoms with Crippen molar-refractivity contribution in [2.45, 2.75) is 6.92 Å². The number of benzene rings is 2. The number of hydrogen-bond acceptors (Lipinski definition) is 3. The van der Waals surface area contributed by atoms with Gasteiger partial charge in [-0.25, -0.2) is 4.68 Å². The number of aryl methyl sites for hydroxylation is 1. The number of anilines is 1. The molecular formula is C17H15ClN4. The van der Waals surface area contributed by atoms with Gasteiger partial charge in [-0.3, -0.25) is 4.99 Å². The normalized spacial score (nSPS) is 11.2. The van der Waals surface area contributed by atoms with Crippen molar-refractivity contribution in [3.8, 4) is 5.69 Å². The highest BCUT2D eigenvalue weighted by Gasteiger charge is 2.12. The number of para-hydroxylation sites is 3. The molecule has 110 valence electrons. The van der Waals surface area contributed by atoms with E-state index in [2.05, 4.69) is 10.1 Å². The van der Waals surface area contributed by atoms with Crippen LogP contribution in [0.4, 0.5) is 11.4 Å². The molecule has 1 aromatic heterocycles. The average Bonchev–Trinajstić information content (AvgIpc) is 2.82. The summed E-state index contributed by atoms with van der Waals surface area (Å²) in [6.07, 6.45) is 1.70. The summed E-state index contributed by atoms with van der Waals surface area (Å²) >= 11 is 6.45. The molecule has 0 amide bonds. The van der Waals surface area contributed by atoms with E-state index in [-0.39, 0.29) is 0 Å². The first-order valence-corrected chi connectivity index (χ1v) is 7.23. The molecule has 0 aliphatic rings. The van der Waals surface area contributed by atoms with Gasteiger partial charge in [-0.2, -0.15) is 5.10 Å². The van der Waals surface area contributed by atoms with Crippen LogP contribution in [0.15, 0.2) is 59.6 Å². The molecule has 0 radical (unpaired) electrons. The van der Waals surface area contributed by atoms with Crippen LogP contribution in [0.25, 0.3) is 5.69 Å². The zero-order valence-corrected chi connectivity index (χ0v) is 12.8. The van der Waals surface area contributed by atoms with Gasteiger partial charge in [0.1, 0.15) is 5.15 Å². The smallest absolute Gasteiger partial charge is 0.141 e. The monoisotopic (exact) mass is 310 g/mol. The summed E-state index contributed by atoms with van der Waals surface area (Å²) < 4.78 is 1.70. The standard InChI is InChI=1S/C17H15ClN4/c1-12-14(11-20-16-10-6-5-9-15(16)19)17(18)22(21-12)13-7-3-2-4-8-13/h2-11H,19H2,1H3. The molecule has 5 heteroatoms. The van der Waals surface area contributed by atoms with Gasteiger partial charge in [0.15, 0.2) is 0 Å². The Balaban J connectivity index is 1.99. The van der Waals surface area contributed by atoms with Crippen molar-refractivity contribution in [1.82, 2.24) is 9.78 Å². The fourth-order valence-corrected chi connectivity index (χ4v) is 2.46. The summed E-state index contributed by atoms with van der Waals surface area (Å²) in [5.74, 6) is 0. The minimum atomic E-state index is 0.530. The van der Waals surface area contributed by atoms with Crippen LogP contribution >= 0.6 is 11.6 Å². The van der Waals surface area contributed by atoms with Gasteiger partial charge in [0, 0.05) is 6.21 Å². The highest BCUT2D eigenvalue weighted by Crippen LogP contribution is 2.24. The molecular weight excluding hydrogens is 296 g/mol. The van der Waals surface area contributed by atoms with E-state index in [0.29, 0.717) is 16.5 Å². The van der Waals surface area contributed by atoms with Gasteiger partial charge in [-0.15, -0.1) is 0 Å². The molecule has 0 saturated heterocycles. The average molecular weight is 311 g/mol. The van der Waals surface area contributed by atoms with Crippen LogP contribution in [0.2, 0.25) is 5.15 Å². The van der Waals surface area contributed by atoms with Gasteiger partial charge in [0.05, 0.1) is 28.3 Å². The molecule has 2 aromatic carbocycles. The minimum Gasteiger partial charge on any atom is -0.397 e. The second kappa shape index (κ2) is 6.03. The van der Waals surface area contributed by atoms with Crippen LogP contribution in [-0.2, 0) is 0 Å². The van der Waals surface area contributed by atoms with Gasteiger partial charge >= 0.3 is 0 Å². The number of nitrogens with two attached hydrogens (primary N) is 1. The van der Waals surface area contributed by atoms with E-state index >= 15 is 0 Å². The van der Waals surface area contributed by atoms with Crippen LogP contribution in [-0.4, -0.2) is 16.0 Å². The second-order valence-electron chi connectivity index (χ2n) is 4.85. The van der Waals surface area contributed by atoms with E-state index in [9.17, 15) is 0 Å². The Labute approximate surface area is 133 Å². The van der Waals surface area contributed by atoms with Crippen LogP contribution < -0.4 is 5.73 Å². The van der Waals surface area contributed by atoms with Crippen LogP contribution in [0.1, 0.15) is 11.3 Å². The molecule has 0 bridgehead atoms. The molecule has 1 heterocycles. The fraction of sp³-hybridized carbons (Fsp3) is 0.0588. The quantitative estimate of drug-likeness (QED) is 0.583. The molecule has 0 aliphatic carbocycles. The molecule has 0 fully saturated rings. The predicted molar refractivity (Wildman–Crippen MR) is 91.4 cm³/mol. The molecule has 2 N–H and O–H groups in total. The molecule has 0 aliphatic heterocycles. The number of nitrogen functional groups attached to an aromatic ring is 1. The first kappa shape index (κ1) is 14.4. The van der Waals surface area contributed by atoms with Crippen molar-refractivity contribution in [2.75, 3.05) is 5.73 Å². The van der Waals surface area contributed by atoms with Crippen LogP contribution in [0, 0.1) is 6.92 Å². The van der Waals surface area contributed by atoms with Gasteiger partial charge in [0.2, 0.25) is 0 Å². The van der Waals surface area contributed by atoms with Gasteiger partial charge < -0.3 is 5.73 Å². The number of halogens is 1. The number of nitrogens with zero attached hydrogens (tertiary/aromatic N) is 3. The molecule has 0 saturated carbocycles. The lowest BCUT2D eigenvalue weighted by molar-refractivity contribution is 0.863. The van der Waals surface area contributed by atoms with E-state index < -0.39 is 0 Å². The molecule has 0 atom stereocenters. The van der Waals surface area contributed by atoms with Crippen molar-refractivity contribution >= 4 is 29.2 Å². The van der Waals surface area contributed by atoms with Crippen molar-refractivity contribution in [3.63, 3.8) is 0 Å². The zero-order chi connectivity index (χ0) is 15.5. The van der Waals surface area contributed by atoms with Crippen molar-refractivity contribution < 1.29 is 0 Å². The SMILES string of the molecule is Cc1nn(-c2ccccc2)c(Cl)c1C=Nc1ccccc1N. The number of rotatable bonds is 3. The molecule has 22 heavy (non-hydrogen) atoms. The summed E-state index contributed by atoms with van der Waals surface area (Å²) in [7, 11) is 0. The summed E-state index contributed by atoms with van der Waals surface area (Å²) in [5.41, 5.74) is 9.74. The third kappa shape index (κ3) is 2.73. The predicted octanol–water partition coefficient (Wildman–Crippen LogP) is 4.17. The van der Waals surface area contributed by atoms with Gasteiger partial charge in [-0.05, 0) is 31.2 Å². The fourth-order valence-electron chi connectivity index (χ4n) is 2.14. The molecule has 3 aromatic rings. The van der Waals surface area contributed by atoms with E-state index in [1.165, 1.54) is 0 Å².